The maximum atomic E-state index is 13.0. The number of nitrogens with zero attached hydrogens (tertiary/aromatic N) is 7. The van der Waals surface area contributed by atoms with Gasteiger partial charge in [0.05, 0.1) is 35.9 Å². The molecule has 10 heteroatoms. The second-order valence-electron chi connectivity index (χ2n) is 10.7. The van der Waals surface area contributed by atoms with Crippen LogP contribution in [-0.4, -0.2) is 66.6 Å². The van der Waals surface area contributed by atoms with Crippen LogP contribution in [0.5, 0.6) is 0 Å². The van der Waals surface area contributed by atoms with Crippen molar-refractivity contribution < 1.29 is 4.79 Å². The minimum absolute atomic E-state index is 0.0893. The number of benzene rings is 1. The summed E-state index contributed by atoms with van der Waals surface area (Å²) in [7, 11) is 0. The van der Waals surface area contributed by atoms with E-state index < -0.39 is 0 Å². The van der Waals surface area contributed by atoms with Crippen molar-refractivity contribution in [3.63, 3.8) is 0 Å². The molecule has 1 fully saturated rings. The van der Waals surface area contributed by atoms with Crippen molar-refractivity contribution in [3.05, 3.63) is 83.4 Å². The van der Waals surface area contributed by atoms with Crippen molar-refractivity contribution in [2.45, 2.75) is 38.8 Å². The Balaban J connectivity index is 1.07. The summed E-state index contributed by atoms with van der Waals surface area (Å²) in [5.74, 6) is 0.889. The van der Waals surface area contributed by atoms with E-state index in [1.54, 1.807) is 29.9 Å². The van der Waals surface area contributed by atoms with Crippen molar-refractivity contribution >= 4 is 49.9 Å². The Morgan fingerprint density at radius 2 is 1.98 bits per heavy atom. The molecule has 1 aromatic carbocycles. The normalized spacial score (nSPS) is 16.0. The summed E-state index contributed by atoms with van der Waals surface area (Å²) < 4.78 is 1.97. The number of nitrogens with one attached hydrogen (secondary N) is 1. The van der Waals surface area contributed by atoms with Crippen molar-refractivity contribution in [1.29, 1.82) is 0 Å². The number of thiophene rings is 1. The van der Waals surface area contributed by atoms with Gasteiger partial charge in [-0.25, -0.2) is 9.97 Å². The van der Waals surface area contributed by atoms with Gasteiger partial charge in [-0.2, -0.15) is 5.10 Å². The molecule has 2 aliphatic rings. The van der Waals surface area contributed by atoms with E-state index in [-0.39, 0.29) is 5.91 Å². The number of pyridine rings is 1. The Labute approximate surface area is 242 Å². The highest BCUT2D eigenvalue weighted by molar-refractivity contribution is 7.19. The zero-order valence-corrected chi connectivity index (χ0v) is 23.7. The number of piperidine rings is 1. The molecule has 4 aromatic heterocycles. The SMILES string of the molecule is O=C(C=CCN1CCCCC1)N1CCc2c(sc3ncnc(Nc4ccc5c(cnn5Cc5ccccn5)c4)c23)C1. The first-order valence-corrected chi connectivity index (χ1v) is 15.1. The summed E-state index contributed by atoms with van der Waals surface area (Å²) >= 11 is 1.66. The predicted octanol–water partition coefficient (Wildman–Crippen LogP) is 5.15. The molecule has 9 nitrogen and oxygen atoms in total. The van der Waals surface area contributed by atoms with Crippen LogP contribution in [0, 0.1) is 0 Å². The molecular weight excluding hydrogens is 532 g/mol. The van der Waals surface area contributed by atoms with Crippen LogP contribution in [0.3, 0.4) is 0 Å². The molecule has 0 saturated carbocycles. The summed E-state index contributed by atoms with van der Waals surface area (Å²) in [5, 5.41) is 10.2. The molecule has 1 saturated heterocycles. The number of likely N-dealkylation sites (tertiary alicyclic amines) is 1. The highest BCUT2D eigenvalue weighted by Gasteiger charge is 2.25. The fraction of sp³-hybridized carbons (Fsp3) is 0.323. The second-order valence-corrected chi connectivity index (χ2v) is 11.8. The fourth-order valence-electron chi connectivity index (χ4n) is 5.83. The maximum Gasteiger partial charge on any atom is 0.246 e. The number of amides is 1. The largest absolute Gasteiger partial charge is 0.340 e. The van der Waals surface area contributed by atoms with Crippen LogP contribution in [-0.2, 0) is 24.3 Å². The van der Waals surface area contributed by atoms with Gasteiger partial charge in [0.1, 0.15) is 17.0 Å². The van der Waals surface area contributed by atoms with Gasteiger partial charge < -0.3 is 10.2 Å². The van der Waals surface area contributed by atoms with Crippen LogP contribution in [0.1, 0.15) is 35.4 Å². The number of carbonyl (C=O) groups is 1. The van der Waals surface area contributed by atoms with Gasteiger partial charge in [-0.05, 0) is 68.2 Å². The number of hydrogen-bond acceptors (Lipinski definition) is 8. The van der Waals surface area contributed by atoms with E-state index in [2.05, 4.69) is 48.5 Å². The molecule has 0 bridgehead atoms. The lowest BCUT2D eigenvalue weighted by atomic mass is 10.0. The number of carbonyl (C=O) groups excluding carboxylic acids is 1. The molecule has 6 heterocycles. The fourth-order valence-corrected chi connectivity index (χ4v) is 7.04. The van der Waals surface area contributed by atoms with Gasteiger partial charge in [0, 0.05) is 41.3 Å². The Morgan fingerprint density at radius 1 is 1.05 bits per heavy atom. The van der Waals surface area contributed by atoms with Crippen LogP contribution in [0.15, 0.2) is 67.3 Å². The van der Waals surface area contributed by atoms with Crippen LogP contribution < -0.4 is 5.32 Å². The minimum atomic E-state index is 0.0893. The molecular formula is C31H32N8OS. The van der Waals surface area contributed by atoms with Crippen molar-refractivity contribution in [1.82, 2.24) is 34.5 Å². The van der Waals surface area contributed by atoms with Gasteiger partial charge in [0.15, 0.2) is 0 Å². The summed E-state index contributed by atoms with van der Waals surface area (Å²) in [6, 6.07) is 12.2. The van der Waals surface area contributed by atoms with E-state index in [1.807, 2.05) is 40.1 Å². The zero-order valence-electron chi connectivity index (χ0n) is 22.9. The minimum Gasteiger partial charge on any atom is -0.340 e. The molecule has 0 radical (unpaired) electrons. The molecule has 5 aromatic rings. The average Bonchev–Trinajstić information content (AvgIpc) is 3.59. The molecule has 1 N–H and O–H groups in total. The Bertz CT molecular complexity index is 1720. The van der Waals surface area contributed by atoms with Gasteiger partial charge in [0.2, 0.25) is 5.91 Å². The highest BCUT2D eigenvalue weighted by atomic mass is 32.1. The summed E-state index contributed by atoms with van der Waals surface area (Å²) in [5.41, 5.74) is 4.22. The number of hydrogen-bond donors (Lipinski definition) is 1. The molecule has 1 amide bonds. The van der Waals surface area contributed by atoms with Gasteiger partial charge in [0.25, 0.3) is 0 Å². The van der Waals surface area contributed by atoms with E-state index in [9.17, 15) is 4.79 Å². The third kappa shape index (κ3) is 5.45. The summed E-state index contributed by atoms with van der Waals surface area (Å²) in [6.45, 7) is 5.06. The topological polar surface area (TPSA) is 92.1 Å². The Kier molecular flexibility index (Phi) is 7.16. The molecule has 2 aliphatic heterocycles. The van der Waals surface area contributed by atoms with E-state index in [0.29, 0.717) is 19.6 Å². The third-order valence-corrected chi connectivity index (χ3v) is 9.09. The third-order valence-electron chi connectivity index (χ3n) is 7.96. The van der Waals surface area contributed by atoms with Gasteiger partial charge in [-0.15, -0.1) is 11.3 Å². The molecule has 0 spiro atoms. The van der Waals surface area contributed by atoms with Crippen LogP contribution in [0.4, 0.5) is 11.5 Å². The van der Waals surface area contributed by atoms with Crippen molar-refractivity contribution in [3.8, 4) is 0 Å². The standard InChI is InChI=1S/C31H32N8OS/c40-28(8-6-15-37-13-4-1-5-14-37)38-16-11-25-27(20-38)41-31-29(25)30(33-21-34-31)36-23-9-10-26-22(17-23)18-35-39(26)19-24-7-2-3-12-32-24/h2-3,6-10,12,17-18,21H,1,4-5,11,13-16,19-20H2,(H,33,34,36). The molecule has 41 heavy (non-hydrogen) atoms. The average molecular weight is 565 g/mol. The van der Waals surface area contributed by atoms with Crippen LogP contribution in [0.25, 0.3) is 21.1 Å². The Hall–Kier alpha value is -4.15. The molecule has 0 unspecified atom stereocenters. The number of rotatable bonds is 7. The smallest absolute Gasteiger partial charge is 0.246 e. The predicted molar refractivity (Wildman–Crippen MR) is 162 cm³/mol. The molecule has 0 aliphatic carbocycles. The van der Waals surface area contributed by atoms with E-state index >= 15 is 0 Å². The number of aromatic nitrogens is 5. The maximum absolute atomic E-state index is 13.0. The lowest BCUT2D eigenvalue weighted by molar-refractivity contribution is -0.126. The van der Waals surface area contributed by atoms with Crippen LogP contribution in [0.2, 0.25) is 0 Å². The van der Waals surface area contributed by atoms with Gasteiger partial charge in [-0.3, -0.25) is 19.4 Å². The first-order chi connectivity index (χ1) is 20.2. The zero-order chi connectivity index (χ0) is 27.6. The monoisotopic (exact) mass is 564 g/mol. The second kappa shape index (κ2) is 11.4. The summed E-state index contributed by atoms with van der Waals surface area (Å²) in [4.78, 5) is 33.1. The molecule has 7 rings (SSSR count). The number of anilines is 2. The van der Waals surface area contributed by atoms with Gasteiger partial charge >= 0.3 is 0 Å². The van der Waals surface area contributed by atoms with Gasteiger partial charge in [-0.1, -0.05) is 18.6 Å². The van der Waals surface area contributed by atoms with E-state index in [0.717, 1.165) is 64.4 Å². The van der Waals surface area contributed by atoms with Crippen LogP contribution >= 0.6 is 11.3 Å². The number of fused-ring (bicyclic) bond motifs is 4. The lowest BCUT2D eigenvalue weighted by Crippen LogP contribution is -2.34. The van der Waals surface area contributed by atoms with E-state index in [1.165, 1.54) is 29.7 Å². The lowest BCUT2D eigenvalue weighted by Gasteiger charge is -2.27. The quantitative estimate of drug-likeness (QED) is 0.273. The first kappa shape index (κ1) is 25.8. The Morgan fingerprint density at radius 3 is 2.85 bits per heavy atom. The highest BCUT2D eigenvalue weighted by Crippen LogP contribution is 2.38. The molecule has 208 valence electrons. The van der Waals surface area contributed by atoms with Crippen molar-refractivity contribution in [2.24, 2.45) is 0 Å². The van der Waals surface area contributed by atoms with Crippen molar-refractivity contribution in [2.75, 3.05) is 31.5 Å². The summed E-state index contributed by atoms with van der Waals surface area (Å²) in [6.07, 6.45) is 13.7. The first-order valence-electron chi connectivity index (χ1n) is 14.3. The van der Waals surface area contributed by atoms with E-state index in [4.69, 9.17) is 0 Å². The molecule has 0 atom stereocenters.